The van der Waals surface area contributed by atoms with Crippen molar-refractivity contribution in [1.29, 1.82) is 0 Å². The number of carbonyl (C=O) groups is 1. The molecule has 2 N–H and O–H groups in total. The molecule has 5 nitrogen and oxygen atoms in total. The lowest BCUT2D eigenvalue weighted by molar-refractivity contribution is -0.164. The standard InChI is InChI=1S/C12H23NO4SSi/c1-15-19(10-5-3-4-6-10)12(13,7-8-18-2)11(14)16-9-17-19/h10H,3-9,13H2,1-2H3. The number of hydrogen-bond donors (Lipinski definition) is 1. The second-order valence-corrected chi connectivity index (χ2v) is 9.99. The molecule has 7 heteroatoms. The summed E-state index contributed by atoms with van der Waals surface area (Å²) in [7, 11) is -1.14. The summed E-state index contributed by atoms with van der Waals surface area (Å²) in [5, 5.41) is -1.07. The van der Waals surface area contributed by atoms with Gasteiger partial charge in [-0.3, -0.25) is 4.79 Å². The Morgan fingerprint density at radius 1 is 1.53 bits per heavy atom. The van der Waals surface area contributed by atoms with Gasteiger partial charge in [-0.05, 0) is 31.3 Å². The van der Waals surface area contributed by atoms with Gasteiger partial charge in [0.1, 0.15) is 0 Å². The van der Waals surface area contributed by atoms with Crippen molar-refractivity contribution in [3.8, 4) is 0 Å². The van der Waals surface area contributed by atoms with Crippen molar-refractivity contribution in [2.45, 2.75) is 42.8 Å². The lowest BCUT2D eigenvalue weighted by Gasteiger charge is -2.48. The van der Waals surface area contributed by atoms with Crippen molar-refractivity contribution < 1.29 is 18.4 Å². The molecule has 1 saturated carbocycles. The van der Waals surface area contributed by atoms with E-state index in [0.29, 0.717) is 12.0 Å². The van der Waals surface area contributed by atoms with Gasteiger partial charge in [0.05, 0.1) is 0 Å². The maximum absolute atomic E-state index is 12.3. The number of ether oxygens (including phenoxy) is 1. The summed E-state index contributed by atoms with van der Waals surface area (Å²) in [5.74, 6) is 0.466. The smallest absolute Gasteiger partial charge is 0.375 e. The third-order valence-corrected chi connectivity index (χ3v) is 9.46. The van der Waals surface area contributed by atoms with Gasteiger partial charge in [0, 0.05) is 12.7 Å². The molecule has 110 valence electrons. The molecule has 0 aromatic heterocycles. The zero-order valence-electron chi connectivity index (χ0n) is 11.6. The lowest BCUT2D eigenvalue weighted by atomic mass is 10.2. The number of nitrogens with two attached hydrogens (primary N) is 1. The highest BCUT2D eigenvalue weighted by molar-refractivity contribution is 7.98. The molecule has 1 heterocycles. The first-order valence-corrected chi connectivity index (χ1v) is 10.0. The van der Waals surface area contributed by atoms with E-state index in [9.17, 15) is 4.79 Å². The van der Waals surface area contributed by atoms with Crippen LogP contribution >= 0.6 is 11.8 Å². The maximum atomic E-state index is 12.3. The van der Waals surface area contributed by atoms with Gasteiger partial charge in [0.2, 0.25) is 0 Å². The highest BCUT2D eigenvalue weighted by Gasteiger charge is 2.67. The molecule has 0 amide bonds. The molecule has 0 radical (unpaired) electrons. The molecule has 19 heavy (non-hydrogen) atoms. The Bertz CT molecular complexity index is 340. The normalized spacial score (nSPS) is 36.5. The third kappa shape index (κ3) is 2.46. The molecule has 0 aromatic carbocycles. The summed E-state index contributed by atoms with van der Waals surface area (Å²) in [6.07, 6.45) is 6.99. The van der Waals surface area contributed by atoms with Crippen LogP contribution in [0.2, 0.25) is 5.54 Å². The molecule has 1 saturated heterocycles. The van der Waals surface area contributed by atoms with Crippen molar-refractivity contribution >= 4 is 26.3 Å². The zero-order chi connectivity index (χ0) is 13.9. The Balaban J connectivity index is 2.32. The van der Waals surface area contributed by atoms with Crippen LogP contribution in [0.1, 0.15) is 32.1 Å². The van der Waals surface area contributed by atoms with E-state index in [1.807, 2.05) is 6.26 Å². The first-order valence-electron chi connectivity index (χ1n) is 6.75. The van der Waals surface area contributed by atoms with Crippen LogP contribution in [0, 0.1) is 0 Å². The van der Waals surface area contributed by atoms with Gasteiger partial charge in [0.15, 0.2) is 12.0 Å². The van der Waals surface area contributed by atoms with E-state index in [0.717, 1.165) is 18.6 Å². The van der Waals surface area contributed by atoms with Crippen LogP contribution in [-0.2, 0) is 18.4 Å². The predicted molar refractivity (Wildman–Crippen MR) is 76.9 cm³/mol. The second-order valence-electron chi connectivity index (χ2n) is 5.26. The van der Waals surface area contributed by atoms with Gasteiger partial charge in [-0.2, -0.15) is 11.8 Å². The number of hydrogen-bond acceptors (Lipinski definition) is 6. The molecule has 0 aromatic rings. The fourth-order valence-electron chi connectivity index (χ4n) is 3.31. The summed E-state index contributed by atoms with van der Waals surface area (Å²) in [6.45, 7) is -0.00634. The Kier molecular flexibility index (Phi) is 4.94. The number of rotatable bonds is 5. The quantitative estimate of drug-likeness (QED) is 0.614. The Hall–Kier alpha value is -0.0831. The number of esters is 1. The molecule has 2 rings (SSSR count). The Morgan fingerprint density at radius 2 is 2.21 bits per heavy atom. The van der Waals surface area contributed by atoms with Crippen molar-refractivity contribution in [2.75, 3.05) is 25.9 Å². The minimum absolute atomic E-state index is 0.00634. The first kappa shape index (κ1) is 15.3. The van der Waals surface area contributed by atoms with E-state index < -0.39 is 13.7 Å². The van der Waals surface area contributed by atoms with Crippen molar-refractivity contribution in [3.63, 3.8) is 0 Å². The first-order chi connectivity index (χ1) is 9.10. The van der Waals surface area contributed by atoms with Crippen molar-refractivity contribution in [1.82, 2.24) is 0 Å². The lowest BCUT2D eigenvalue weighted by Crippen LogP contribution is -2.76. The largest absolute Gasteiger partial charge is 0.438 e. The van der Waals surface area contributed by atoms with Crippen LogP contribution in [0.3, 0.4) is 0 Å². The number of cyclic esters (lactones) is 1. The zero-order valence-corrected chi connectivity index (χ0v) is 13.5. The molecule has 2 fully saturated rings. The van der Waals surface area contributed by atoms with Gasteiger partial charge in [-0.15, -0.1) is 0 Å². The fraction of sp³-hybridized carbons (Fsp3) is 0.917. The molecular formula is C12H23NO4SSi. The average Bonchev–Trinajstić information content (AvgIpc) is 2.94. The molecule has 1 aliphatic heterocycles. The van der Waals surface area contributed by atoms with Crippen LogP contribution in [0.5, 0.6) is 0 Å². The number of carbonyl (C=O) groups excluding carboxylic acids is 1. The highest BCUT2D eigenvalue weighted by atomic mass is 32.2. The molecular weight excluding hydrogens is 282 g/mol. The third-order valence-electron chi connectivity index (χ3n) is 4.35. The predicted octanol–water partition coefficient (Wildman–Crippen LogP) is 1.54. The van der Waals surface area contributed by atoms with E-state index in [2.05, 4.69) is 0 Å². The molecule has 0 spiro atoms. The van der Waals surface area contributed by atoms with E-state index in [-0.39, 0.29) is 12.8 Å². The number of thioether (sulfide) groups is 1. The summed E-state index contributed by atoms with van der Waals surface area (Å²) in [4.78, 5) is 12.3. The highest BCUT2D eigenvalue weighted by Crippen LogP contribution is 2.46. The Labute approximate surface area is 119 Å². The topological polar surface area (TPSA) is 70.8 Å². The van der Waals surface area contributed by atoms with E-state index >= 15 is 0 Å². The molecule has 1 aliphatic carbocycles. The van der Waals surface area contributed by atoms with Gasteiger partial charge in [-0.25, -0.2) is 0 Å². The van der Waals surface area contributed by atoms with Gasteiger partial charge in [-0.1, -0.05) is 12.8 Å². The van der Waals surface area contributed by atoms with Crippen LogP contribution < -0.4 is 5.73 Å². The van der Waals surface area contributed by atoms with Crippen molar-refractivity contribution in [3.05, 3.63) is 0 Å². The fourth-order valence-corrected chi connectivity index (χ4v) is 8.28. The van der Waals surface area contributed by atoms with Gasteiger partial charge >= 0.3 is 14.5 Å². The summed E-state index contributed by atoms with van der Waals surface area (Å²) >= 11 is 1.67. The van der Waals surface area contributed by atoms with E-state index in [1.54, 1.807) is 18.9 Å². The average molecular weight is 305 g/mol. The molecule has 2 atom stereocenters. The second kappa shape index (κ2) is 6.13. The summed E-state index contributed by atoms with van der Waals surface area (Å²) in [5.41, 5.74) is 6.79. The monoisotopic (exact) mass is 305 g/mol. The van der Waals surface area contributed by atoms with Crippen LogP contribution in [0.25, 0.3) is 0 Å². The minimum atomic E-state index is -2.79. The van der Waals surface area contributed by atoms with Crippen LogP contribution in [0.15, 0.2) is 0 Å². The van der Waals surface area contributed by atoms with Crippen molar-refractivity contribution in [2.24, 2.45) is 5.73 Å². The molecule has 2 aliphatic rings. The SMILES string of the molecule is CO[Si]1(C2CCCC2)OCOC(=O)C1(N)CCSC. The maximum Gasteiger partial charge on any atom is 0.375 e. The van der Waals surface area contributed by atoms with Gasteiger partial charge < -0.3 is 19.3 Å². The molecule has 0 bridgehead atoms. The minimum Gasteiger partial charge on any atom is -0.438 e. The van der Waals surface area contributed by atoms with E-state index in [1.165, 1.54) is 12.8 Å². The Morgan fingerprint density at radius 3 is 2.79 bits per heavy atom. The van der Waals surface area contributed by atoms with E-state index in [4.69, 9.17) is 19.3 Å². The van der Waals surface area contributed by atoms with Gasteiger partial charge in [0.25, 0.3) is 0 Å². The van der Waals surface area contributed by atoms with Crippen LogP contribution in [0.4, 0.5) is 0 Å². The summed E-state index contributed by atoms with van der Waals surface area (Å²) in [6, 6.07) is 0. The van der Waals surface area contributed by atoms with Crippen LogP contribution in [-0.4, -0.2) is 45.6 Å². The molecule has 2 unspecified atom stereocenters. The summed E-state index contributed by atoms with van der Waals surface area (Å²) < 4.78 is 16.8.